The molecule has 0 radical (unpaired) electrons. The predicted molar refractivity (Wildman–Crippen MR) is 170 cm³/mol. The van der Waals surface area contributed by atoms with Crippen LogP contribution in [-0.2, 0) is 10.1 Å². The van der Waals surface area contributed by atoms with Gasteiger partial charge in [-0.1, -0.05) is 19.9 Å². The lowest BCUT2D eigenvalue weighted by atomic mass is 9.82. The number of hydrogen-bond acceptors (Lipinski definition) is 9. The summed E-state index contributed by atoms with van der Waals surface area (Å²) in [6.07, 6.45) is 3.25. The summed E-state index contributed by atoms with van der Waals surface area (Å²) in [5, 5.41) is 3.71. The number of carbonyl (C=O) groups is 1. The zero-order valence-electron chi connectivity index (χ0n) is 26.3. The number of fused-ring (bicyclic) bond motifs is 1. The molecule has 0 spiro atoms. The molecule has 250 valence electrons. The largest absolute Gasteiger partial charge is 0.534 e. The molecule has 0 amide bonds. The van der Waals surface area contributed by atoms with Gasteiger partial charge in [0.05, 0.1) is 33.9 Å². The van der Waals surface area contributed by atoms with Gasteiger partial charge in [-0.05, 0) is 74.9 Å². The number of aryl methyl sites for hydroxylation is 1. The number of piperidine rings is 1. The van der Waals surface area contributed by atoms with E-state index in [0.29, 0.717) is 33.7 Å². The molecule has 1 saturated heterocycles. The quantitative estimate of drug-likeness (QED) is 0.0879. The Bertz CT molecular complexity index is 2030. The van der Waals surface area contributed by atoms with Crippen LogP contribution in [0.1, 0.15) is 66.7 Å². The molecule has 9 nitrogen and oxygen atoms in total. The second-order valence-electron chi connectivity index (χ2n) is 12.5. The molecule has 2 aromatic heterocycles. The lowest BCUT2D eigenvalue weighted by Gasteiger charge is -2.37. The van der Waals surface area contributed by atoms with Crippen molar-refractivity contribution in [2.24, 2.45) is 5.41 Å². The topological polar surface area (TPSA) is 119 Å². The summed E-state index contributed by atoms with van der Waals surface area (Å²) >= 11 is 0. The van der Waals surface area contributed by atoms with Crippen LogP contribution in [0.25, 0.3) is 22.2 Å². The summed E-state index contributed by atoms with van der Waals surface area (Å²) in [6.45, 7) is 11.3. The van der Waals surface area contributed by atoms with Crippen LogP contribution in [0, 0.1) is 25.1 Å². The molecule has 1 N–H and O–H groups in total. The van der Waals surface area contributed by atoms with Crippen LogP contribution in [0.15, 0.2) is 51.8 Å². The maximum atomic E-state index is 15.1. The predicted octanol–water partition coefficient (Wildman–Crippen LogP) is 7.45. The Morgan fingerprint density at radius 1 is 1.13 bits per heavy atom. The lowest BCUT2D eigenvalue weighted by Crippen LogP contribution is -2.38. The standard InChI is InChI=1S/C33H33F4N3O6S/c1-18-13-23(30-24(14-18)28(42)19(2)31(45-30)40-11-8-32(4,5)9-12-40)20(3)39-26-7-6-10-38-27(26)21-15-22(17-41)29(25(34)16-21)46-47(43,44)33(35,36)37/h6-7,10,13-17,20,39H,8-9,11-12H2,1-5H3. The molecule has 0 bridgehead atoms. The first kappa shape index (κ1) is 33.9. The summed E-state index contributed by atoms with van der Waals surface area (Å²) in [5.41, 5.74) is -3.75. The van der Waals surface area contributed by atoms with Crippen LogP contribution in [-0.4, -0.2) is 38.3 Å². The number of benzene rings is 2. The van der Waals surface area contributed by atoms with Crippen LogP contribution >= 0.6 is 0 Å². The fraction of sp³-hybridized carbons (Fsp3) is 0.364. The number of halogens is 4. The Balaban J connectivity index is 1.54. The Morgan fingerprint density at radius 3 is 2.45 bits per heavy atom. The minimum absolute atomic E-state index is 0.0176. The average Bonchev–Trinajstić information content (AvgIpc) is 2.99. The van der Waals surface area contributed by atoms with Crippen molar-refractivity contribution in [3.63, 3.8) is 0 Å². The Kier molecular flexibility index (Phi) is 8.86. The minimum atomic E-state index is -6.24. The number of rotatable bonds is 8. The molecular formula is C33H33F4N3O6S. The third-order valence-corrected chi connectivity index (χ3v) is 9.32. The van der Waals surface area contributed by atoms with Crippen molar-refractivity contribution in [3.05, 3.63) is 80.9 Å². The van der Waals surface area contributed by atoms with Gasteiger partial charge in [0.1, 0.15) is 5.58 Å². The molecule has 0 saturated carbocycles. The van der Waals surface area contributed by atoms with E-state index in [1.807, 2.05) is 19.9 Å². The van der Waals surface area contributed by atoms with E-state index in [9.17, 15) is 31.2 Å². The van der Waals surface area contributed by atoms with Crippen molar-refractivity contribution in [2.45, 2.75) is 59.0 Å². The second-order valence-corrected chi connectivity index (χ2v) is 14.0. The molecular weight excluding hydrogens is 642 g/mol. The third kappa shape index (κ3) is 6.69. The number of alkyl halides is 3. The maximum Gasteiger partial charge on any atom is 0.534 e. The minimum Gasteiger partial charge on any atom is -0.440 e. The normalized spacial score (nSPS) is 15.8. The number of aldehydes is 1. The van der Waals surface area contributed by atoms with Crippen LogP contribution in [0.4, 0.5) is 29.1 Å². The summed E-state index contributed by atoms with van der Waals surface area (Å²) in [5.74, 6) is -2.38. The van der Waals surface area contributed by atoms with Gasteiger partial charge in [-0.3, -0.25) is 14.6 Å². The smallest absolute Gasteiger partial charge is 0.440 e. The van der Waals surface area contributed by atoms with Crippen molar-refractivity contribution in [2.75, 3.05) is 23.3 Å². The first-order valence-electron chi connectivity index (χ1n) is 14.8. The molecule has 1 atom stereocenters. The number of carbonyl (C=O) groups excluding carboxylic acids is 1. The zero-order valence-corrected chi connectivity index (χ0v) is 27.1. The van der Waals surface area contributed by atoms with E-state index in [1.165, 1.54) is 6.20 Å². The van der Waals surface area contributed by atoms with Gasteiger partial charge < -0.3 is 18.8 Å². The van der Waals surface area contributed by atoms with E-state index in [2.05, 4.69) is 33.2 Å². The van der Waals surface area contributed by atoms with E-state index in [-0.39, 0.29) is 28.4 Å². The Labute approximate surface area is 268 Å². The lowest BCUT2D eigenvalue weighted by molar-refractivity contribution is -0.0501. The van der Waals surface area contributed by atoms with Crippen LogP contribution in [0.5, 0.6) is 5.75 Å². The number of nitrogens with zero attached hydrogens (tertiary/aromatic N) is 2. The molecule has 1 aliphatic rings. The SMILES string of the molecule is Cc1cc(C(C)Nc2cccnc2-c2cc(F)c(OS(=O)(=O)C(F)(F)F)c(C=O)c2)c2oc(N3CCC(C)(C)CC3)c(C)c(=O)c2c1. The highest BCUT2D eigenvalue weighted by molar-refractivity contribution is 7.88. The summed E-state index contributed by atoms with van der Waals surface area (Å²) in [6, 6.07) is 8.05. The fourth-order valence-corrected chi connectivity index (χ4v) is 6.13. The van der Waals surface area contributed by atoms with E-state index < -0.39 is 38.8 Å². The maximum absolute atomic E-state index is 15.1. The molecule has 4 aromatic rings. The van der Waals surface area contributed by atoms with Crippen molar-refractivity contribution < 1.29 is 39.4 Å². The van der Waals surface area contributed by atoms with Gasteiger partial charge in [0.2, 0.25) is 5.88 Å². The first-order chi connectivity index (χ1) is 21.9. The van der Waals surface area contributed by atoms with Gasteiger partial charge in [0, 0.05) is 30.4 Å². The van der Waals surface area contributed by atoms with E-state index >= 15 is 4.39 Å². The van der Waals surface area contributed by atoms with Crippen molar-refractivity contribution >= 4 is 38.9 Å². The van der Waals surface area contributed by atoms with Gasteiger partial charge in [0.15, 0.2) is 23.3 Å². The first-order valence-corrected chi connectivity index (χ1v) is 16.2. The van der Waals surface area contributed by atoms with E-state index in [0.717, 1.165) is 43.6 Å². The number of aromatic nitrogens is 1. The molecule has 47 heavy (non-hydrogen) atoms. The number of nitrogens with one attached hydrogen (secondary N) is 1. The summed E-state index contributed by atoms with van der Waals surface area (Å²) < 4.78 is 87.2. The fourth-order valence-electron chi connectivity index (χ4n) is 5.64. The highest BCUT2D eigenvalue weighted by Gasteiger charge is 2.49. The molecule has 1 aliphatic heterocycles. The number of pyridine rings is 1. The molecule has 3 heterocycles. The van der Waals surface area contributed by atoms with E-state index in [4.69, 9.17) is 4.42 Å². The Hall–Kier alpha value is -4.46. The average molecular weight is 676 g/mol. The second kappa shape index (κ2) is 12.3. The number of hydrogen-bond donors (Lipinski definition) is 1. The summed E-state index contributed by atoms with van der Waals surface area (Å²) in [7, 11) is -6.24. The Morgan fingerprint density at radius 2 is 1.81 bits per heavy atom. The highest BCUT2D eigenvalue weighted by Crippen LogP contribution is 2.38. The van der Waals surface area contributed by atoms with Gasteiger partial charge in [0.25, 0.3) is 0 Å². The molecule has 2 aromatic carbocycles. The van der Waals surface area contributed by atoms with Crippen LogP contribution < -0.4 is 19.8 Å². The molecule has 1 fully saturated rings. The molecule has 14 heteroatoms. The van der Waals surface area contributed by atoms with Gasteiger partial charge >= 0.3 is 15.6 Å². The van der Waals surface area contributed by atoms with Gasteiger partial charge in [-0.2, -0.15) is 21.6 Å². The zero-order chi connectivity index (χ0) is 34.5. The van der Waals surface area contributed by atoms with Crippen molar-refractivity contribution in [1.29, 1.82) is 0 Å². The summed E-state index contributed by atoms with van der Waals surface area (Å²) in [4.78, 5) is 31.7. The van der Waals surface area contributed by atoms with Gasteiger partial charge in [-0.15, -0.1) is 0 Å². The number of anilines is 2. The van der Waals surface area contributed by atoms with Crippen LogP contribution in [0.2, 0.25) is 0 Å². The van der Waals surface area contributed by atoms with Gasteiger partial charge in [-0.25, -0.2) is 4.39 Å². The molecule has 5 rings (SSSR count). The highest BCUT2D eigenvalue weighted by atomic mass is 32.2. The van der Waals surface area contributed by atoms with Crippen molar-refractivity contribution in [3.8, 4) is 17.0 Å². The van der Waals surface area contributed by atoms with Crippen molar-refractivity contribution in [1.82, 2.24) is 4.98 Å². The third-order valence-electron chi connectivity index (χ3n) is 8.37. The molecule has 1 unspecified atom stereocenters. The monoisotopic (exact) mass is 675 g/mol. The van der Waals surface area contributed by atoms with Crippen LogP contribution in [0.3, 0.4) is 0 Å². The van der Waals surface area contributed by atoms with E-state index in [1.54, 1.807) is 25.1 Å². The molecule has 0 aliphatic carbocycles.